The molecule has 2 aromatic carbocycles. The summed E-state index contributed by atoms with van der Waals surface area (Å²) in [5.74, 6) is 0.572. The van der Waals surface area contributed by atoms with Gasteiger partial charge in [0.25, 0.3) is 5.91 Å². The highest BCUT2D eigenvalue weighted by Crippen LogP contribution is 2.21. The molecule has 0 saturated heterocycles. The highest BCUT2D eigenvalue weighted by Gasteiger charge is 2.11. The zero-order valence-electron chi connectivity index (χ0n) is 14.9. The smallest absolute Gasteiger partial charge is 0.255 e. The fourth-order valence-electron chi connectivity index (χ4n) is 2.20. The van der Waals surface area contributed by atoms with E-state index in [1.54, 1.807) is 59.3 Å². The fourth-order valence-corrected chi connectivity index (χ4v) is 3.89. The lowest BCUT2D eigenvalue weighted by Gasteiger charge is -2.10. The zero-order chi connectivity index (χ0) is 19.6. The lowest BCUT2D eigenvalue weighted by atomic mass is 10.1. The Labute approximate surface area is 166 Å². The molecular formula is C19H21N3O3S2. The van der Waals surface area contributed by atoms with Gasteiger partial charge in [0.05, 0.1) is 11.4 Å². The Kier molecular flexibility index (Phi) is 8.38. The van der Waals surface area contributed by atoms with Crippen LogP contribution < -0.4 is 16.4 Å². The van der Waals surface area contributed by atoms with E-state index in [-0.39, 0.29) is 17.6 Å². The largest absolute Gasteiger partial charge is 0.330 e. The van der Waals surface area contributed by atoms with Crippen LogP contribution in [0.2, 0.25) is 0 Å². The number of para-hydroxylation sites is 1. The Morgan fingerprint density at radius 1 is 0.963 bits per heavy atom. The molecule has 27 heavy (non-hydrogen) atoms. The Balaban J connectivity index is 1.94. The Hall–Kier alpha value is -2.29. The van der Waals surface area contributed by atoms with Crippen LogP contribution in [0, 0.1) is 0 Å². The predicted octanol–water partition coefficient (Wildman–Crippen LogP) is 3.42. The van der Waals surface area contributed by atoms with Crippen LogP contribution in [0.3, 0.4) is 0 Å². The zero-order valence-corrected chi connectivity index (χ0v) is 16.5. The molecule has 0 saturated carbocycles. The summed E-state index contributed by atoms with van der Waals surface area (Å²) in [5, 5.41) is 5.52. The van der Waals surface area contributed by atoms with Crippen molar-refractivity contribution in [3.8, 4) is 0 Å². The third-order valence-electron chi connectivity index (χ3n) is 3.46. The van der Waals surface area contributed by atoms with Gasteiger partial charge in [-0.15, -0.1) is 0 Å². The maximum absolute atomic E-state index is 12.4. The van der Waals surface area contributed by atoms with E-state index in [9.17, 15) is 14.4 Å². The number of carbonyl (C=O) groups is 3. The molecule has 0 unspecified atom stereocenters. The van der Waals surface area contributed by atoms with Crippen LogP contribution in [-0.2, 0) is 4.79 Å². The van der Waals surface area contributed by atoms with Crippen molar-refractivity contribution < 1.29 is 14.4 Å². The minimum Gasteiger partial charge on any atom is -0.330 e. The number of nitrogens with one attached hydrogen (secondary N) is 2. The van der Waals surface area contributed by atoms with Crippen molar-refractivity contribution in [3.63, 3.8) is 0 Å². The van der Waals surface area contributed by atoms with Gasteiger partial charge in [-0.2, -0.15) is 0 Å². The molecule has 0 atom stereocenters. The first-order valence-corrected chi connectivity index (χ1v) is 10.8. The molecule has 8 heteroatoms. The van der Waals surface area contributed by atoms with Gasteiger partial charge in [0.15, 0.2) is 5.78 Å². The average molecular weight is 404 g/mol. The van der Waals surface area contributed by atoms with E-state index in [2.05, 4.69) is 10.6 Å². The van der Waals surface area contributed by atoms with Crippen molar-refractivity contribution in [3.05, 3.63) is 59.7 Å². The third kappa shape index (κ3) is 6.74. The van der Waals surface area contributed by atoms with Gasteiger partial charge in [-0.25, -0.2) is 0 Å². The number of hydrogen-bond acceptors (Lipinski definition) is 6. The van der Waals surface area contributed by atoms with E-state index < -0.39 is 0 Å². The van der Waals surface area contributed by atoms with Crippen LogP contribution in [0.15, 0.2) is 48.5 Å². The van der Waals surface area contributed by atoms with E-state index in [0.717, 1.165) is 5.75 Å². The summed E-state index contributed by atoms with van der Waals surface area (Å²) in [6.45, 7) is 2.04. The van der Waals surface area contributed by atoms with E-state index in [1.807, 2.05) is 0 Å². The van der Waals surface area contributed by atoms with Gasteiger partial charge < -0.3 is 16.4 Å². The second-order valence-electron chi connectivity index (χ2n) is 5.55. The SMILES string of the molecule is CC(=O)c1ccccc1NC(=O)c1ccc(NC(=O)CSSCCN)cc1. The van der Waals surface area contributed by atoms with Crippen molar-refractivity contribution in [2.45, 2.75) is 6.92 Å². The van der Waals surface area contributed by atoms with Crippen molar-refractivity contribution in [1.82, 2.24) is 0 Å². The van der Waals surface area contributed by atoms with Crippen LogP contribution in [0.25, 0.3) is 0 Å². The summed E-state index contributed by atoms with van der Waals surface area (Å²) in [6, 6.07) is 13.4. The first-order chi connectivity index (χ1) is 13.0. The molecule has 0 fully saturated rings. The maximum Gasteiger partial charge on any atom is 0.255 e. The minimum atomic E-state index is -0.324. The molecule has 142 valence electrons. The highest BCUT2D eigenvalue weighted by molar-refractivity contribution is 8.76. The number of benzene rings is 2. The molecule has 0 radical (unpaired) electrons. The molecule has 2 amide bonds. The minimum absolute atomic E-state index is 0.114. The molecule has 0 bridgehead atoms. The number of carbonyl (C=O) groups excluding carboxylic acids is 3. The number of anilines is 2. The fraction of sp³-hybridized carbons (Fsp3) is 0.211. The molecular weight excluding hydrogens is 382 g/mol. The summed E-state index contributed by atoms with van der Waals surface area (Å²) in [4.78, 5) is 35.9. The summed E-state index contributed by atoms with van der Waals surface area (Å²) in [5.41, 5.74) is 7.37. The first kappa shape index (κ1) is 21.0. The monoisotopic (exact) mass is 403 g/mol. The topological polar surface area (TPSA) is 101 Å². The molecule has 6 nitrogen and oxygen atoms in total. The normalized spacial score (nSPS) is 10.3. The Morgan fingerprint density at radius 3 is 2.33 bits per heavy atom. The quantitative estimate of drug-likeness (QED) is 0.337. The van der Waals surface area contributed by atoms with Crippen molar-refractivity contribution in [1.29, 1.82) is 0 Å². The number of ketones is 1. The number of nitrogens with two attached hydrogens (primary N) is 1. The number of rotatable bonds is 9. The van der Waals surface area contributed by atoms with Gasteiger partial charge in [0.1, 0.15) is 0 Å². The summed E-state index contributed by atoms with van der Waals surface area (Å²) < 4.78 is 0. The molecule has 0 spiro atoms. The van der Waals surface area contributed by atoms with Crippen LogP contribution in [-0.4, -0.2) is 35.6 Å². The molecule has 0 aromatic heterocycles. The number of Topliss-reactive ketones (excluding diaryl/α,β-unsaturated/α-hetero) is 1. The lowest BCUT2D eigenvalue weighted by molar-refractivity contribution is -0.113. The second kappa shape index (κ2) is 10.8. The van der Waals surface area contributed by atoms with E-state index in [4.69, 9.17) is 5.73 Å². The lowest BCUT2D eigenvalue weighted by Crippen LogP contribution is -2.15. The van der Waals surface area contributed by atoms with Gasteiger partial charge in [-0.05, 0) is 43.3 Å². The van der Waals surface area contributed by atoms with E-state index >= 15 is 0 Å². The summed E-state index contributed by atoms with van der Waals surface area (Å²) in [7, 11) is 3.01. The van der Waals surface area contributed by atoms with Gasteiger partial charge in [-0.3, -0.25) is 14.4 Å². The first-order valence-electron chi connectivity index (χ1n) is 8.27. The average Bonchev–Trinajstić information content (AvgIpc) is 2.66. The van der Waals surface area contributed by atoms with Crippen molar-refractivity contribution >= 4 is 50.6 Å². The van der Waals surface area contributed by atoms with Crippen LogP contribution in [0.4, 0.5) is 11.4 Å². The molecule has 0 heterocycles. The molecule has 0 aliphatic heterocycles. The Bertz CT molecular complexity index is 810. The van der Waals surface area contributed by atoms with Gasteiger partial charge in [0, 0.05) is 29.1 Å². The number of amides is 2. The Morgan fingerprint density at radius 2 is 1.67 bits per heavy atom. The van der Waals surface area contributed by atoms with Gasteiger partial charge >= 0.3 is 0 Å². The molecule has 2 rings (SSSR count). The summed E-state index contributed by atoms with van der Waals surface area (Å²) >= 11 is 0. The molecule has 0 aliphatic rings. The third-order valence-corrected chi connectivity index (χ3v) is 5.76. The molecule has 2 aromatic rings. The van der Waals surface area contributed by atoms with Crippen molar-refractivity contribution in [2.75, 3.05) is 28.7 Å². The predicted molar refractivity (Wildman–Crippen MR) is 113 cm³/mol. The van der Waals surface area contributed by atoms with Crippen LogP contribution in [0.1, 0.15) is 27.6 Å². The van der Waals surface area contributed by atoms with Crippen molar-refractivity contribution in [2.24, 2.45) is 5.73 Å². The highest BCUT2D eigenvalue weighted by atomic mass is 33.1. The maximum atomic E-state index is 12.4. The summed E-state index contributed by atoms with van der Waals surface area (Å²) in [6.07, 6.45) is 0. The second-order valence-corrected chi connectivity index (χ2v) is 8.14. The number of hydrogen-bond donors (Lipinski definition) is 3. The van der Waals surface area contributed by atoms with E-state index in [1.165, 1.54) is 17.7 Å². The standard InChI is InChI=1S/C19H21N3O3S2/c1-13(23)16-4-2-3-5-17(16)22-19(25)14-6-8-15(9-7-14)21-18(24)12-27-26-11-10-20/h2-9H,10-12,20H2,1H3,(H,21,24)(H,22,25). The van der Waals surface area contributed by atoms with Gasteiger partial charge in [0.2, 0.25) is 5.91 Å². The molecule has 4 N–H and O–H groups in total. The van der Waals surface area contributed by atoms with Crippen LogP contribution in [0.5, 0.6) is 0 Å². The van der Waals surface area contributed by atoms with E-state index in [0.29, 0.717) is 34.8 Å². The van der Waals surface area contributed by atoms with Crippen LogP contribution >= 0.6 is 21.6 Å². The molecule has 0 aliphatic carbocycles. The van der Waals surface area contributed by atoms with Gasteiger partial charge in [-0.1, -0.05) is 33.7 Å².